The molecule has 1 rings (SSSR count). The molecule has 1 aromatic rings. The first kappa shape index (κ1) is 15.7. The molecule has 0 radical (unpaired) electrons. The van der Waals surface area contributed by atoms with Gasteiger partial charge in [-0.2, -0.15) is 0 Å². The van der Waals surface area contributed by atoms with Gasteiger partial charge in [0, 0.05) is 6.07 Å². The lowest BCUT2D eigenvalue weighted by molar-refractivity contribution is -0.274. The van der Waals surface area contributed by atoms with E-state index in [9.17, 15) is 18.0 Å². The molecule has 3 N–H and O–H groups in total. The molecule has 0 aromatic heterocycles. The molecule has 0 bridgehead atoms. The number of anilines is 1. The monoisotopic (exact) mass is 291 g/mol. The molecule has 0 saturated heterocycles. The Hall–Kier alpha value is -1.34. The van der Waals surface area contributed by atoms with Crippen LogP contribution in [-0.2, 0) is 0 Å². The highest BCUT2D eigenvalue weighted by Gasteiger charge is 2.31. The van der Waals surface area contributed by atoms with Gasteiger partial charge in [-0.15, -0.1) is 25.6 Å². The molecule has 0 heterocycles. The summed E-state index contributed by atoms with van der Waals surface area (Å²) in [6, 6.07) is 1.44. The van der Waals surface area contributed by atoms with Crippen LogP contribution >= 0.6 is 24.0 Å². The number of alkyl halides is 3. The molecule has 0 fully saturated rings. The molecule has 9 heteroatoms. The molecule has 96 valence electrons. The first-order valence-corrected chi connectivity index (χ1v) is 4.16. The molecular weight excluding hydrogens is 286 g/mol. The zero-order valence-electron chi connectivity index (χ0n) is 7.92. The number of ether oxygens (including phenoxy) is 1. The maximum atomic E-state index is 11.9. The Bertz CT molecular complexity index is 437. The summed E-state index contributed by atoms with van der Waals surface area (Å²) in [5.74, 6) is -2.23. The van der Waals surface area contributed by atoms with Crippen molar-refractivity contribution in [2.45, 2.75) is 6.36 Å². The smallest absolute Gasteiger partial charge is 0.478 e. The lowest BCUT2D eigenvalue weighted by Gasteiger charge is -2.11. The van der Waals surface area contributed by atoms with Crippen LogP contribution in [0.15, 0.2) is 12.1 Å². The highest BCUT2D eigenvalue weighted by atomic mass is 35.5. The largest absolute Gasteiger partial charge is 0.573 e. The quantitative estimate of drug-likeness (QED) is 0.822. The summed E-state index contributed by atoms with van der Waals surface area (Å²) in [6.07, 6.45) is -4.92. The molecule has 0 spiro atoms. The van der Waals surface area contributed by atoms with E-state index in [4.69, 9.17) is 22.4 Å². The van der Waals surface area contributed by atoms with Crippen molar-refractivity contribution in [3.8, 4) is 5.75 Å². The van der Waals surface area contributed by atoms with Gasteiger partial charge in [0.25, 0.3) is 0 Å². The molecule has 1 aromatic carbocycles. The molecule has 4 nitrogen and oxygen atoms in total. The van der Waals surface area contributed by atoms with Crippen LogP contribution in [0.25, 0.3) is 0 Å². The molecule has 0 unspecified atom stereocenters. The summed E-state index contributed by atoms with van der Waals surface area (Å²) in [6.45, 7) is 0. The van der Waals surface area contributed by atoms with Crippen LogP contribution in [0.5, 0.6) is 5.75 Å². The number of carboxylic acid groups (broad SMARTS) is 1. The van der Waals surface area contributed by atoms with E-state index in [0.29, 0.717) is 6.07 Å². The van der Waals surface area contributed by atoms with Gasteiger partial charge in [-0.05, 0) is 6.07 Å². The summed E-state index contributed by atoms with van der Waals surface area (Å²) in [4.78, 5) is 10.6. The number of rotatable bonds is 2. The Balaban J connectivity index is 0.00000256. The van der Waals surface area contributed by atoms with Crippen molar-refractivity contribution in [3.63, 3.8) is 0 Å². The lowest BCUT2D eigenvalue weighted by atomic mass is 10.2. The van der Waals surface area contributed by atoms with Crippen molar-refractivity contribution in [2.24, 2.45) is 0 Å². The predicted molar refractivity (Wildman–Crippen MR) is 56.8 cm³/mol. The summed E-state index contributed by atoms with van der Waals surface area (Å²) >= 11 is 5.46. The van der Waals surface area contributed by atoms with Crippen molar-refractivity contribution in [1.29, 1.82) is 0 Å². The molecular formula is C8H6Cl2F3NO3. The van der Waals surface area contributed by atoms with E-state index < -0.39 is 23.6 Å². The number of nitrogen functional groups attached to an aromatic ring is 1. The van der Waals surface area contributed by atoms with E-state index in [1.54, 1.807) is 0 Å². The molecule has 0 saturated carbocycles. The topological polar surface area (TPSA) is 72.5 Å². The Kier molecular flexibility index (Phi) is 4.91. The van der Waals surface area contributed by atoms with Gasteiger partial charge in [0.2, 0.25) is 0 Å². The van der Waals surface area contributed by atoms with E-state index in [1.165, 1.54) is 0 Å². The zero-order valence-corrected chi connectivity index (χ0v) is 9.49. The van der Waals surface area contributed by atoms with Crippen molar-refractivity contribution in [3.05, 3.63) is 22.7 Å². The third-order valence-corrected chi connectivity index (χ3v) is 1.88. The fourth-order valence-corrected chi connectivity index (χ4v) is 1.17. The van der Waals surface area contributed by atoms with E-state index in [-0.39, 0.29) is 23.1 Å². The van der Waals surface area contributed by atoms with Crippen LogP contribution in [0.2, 0.25) is 5.02 Å². The molecule has 0 amide bonds. The molecule has 0 atom stereocenters. The summed E-state index contributed by atoms with van der Waals surface area (Å²) in [5, 5.41) is 8.32. The lowest BCUT2D eigenvalue weighted by Crippen LogP contribution is -2.17. The van der Waals surface area contributed by atoms with Gasteiger partial charge in [-0.25, -0.2) is 4.79 Å². The van der Waals surface area contributed by atoms with E-state index >= 15 is 0 Å². The van der Waals surface area contributed by atoms with Crippen LogP contribution in [0.4, 0.5) is 18.9 Å². The maximum absolute atomic E-state index is 11.9. The number of carboxylic acids is 1. The number of benzene rings is 1. The Morgan fingerprint density at radius 1 is 1.41 bits per heavy atom. The highest BCUT2D eigenvalue weighted by Crippen LogP contribution is 2.31. The van der Waals surface area contributed by atoms with Crippen LogP contribution in [0.1, 0.15) is 10.4 Å². The van der Waals surface area contributed by atoms with Crippen LogP contribution < -0.4 is 10.5 Å². The number of nitrogens with two attached hydrogens (primary N) is 1. The van der Waals surface area contributed by atoms with Gasteiger partial charge in [0.1, 0.15) is 5.75 Å². The normalized spacial score (nSPS) is 10.6. The average molecular weight is 292 g/mol. The standard InChI is InChI=1S/C8H5ClF3NO3.ClH/c9-5-2-3(16-8(10,11)12)1-4(6(5)13)7(14)15;/h1-2H,13H2,(H,14,15);1H. The van der Waals surface area contributed by atoms with Crippen LogP contribution in [0, 0.1) is 0 Å². The Labute approximate surface area is 105 Å². The van der Waals surface area contributed by atoms with Crippen molar-refractivity contribution in [2.75, 3.05) is 5.73 Å². The molecule has 0 aliphatic heterocycles. The fourth-order valence-electron chi connectivity index (χ4n) is 0.962. The zero-order chi connectivity index (χ0) is 12.5. The number of aromatic carboxylic acids is 1. The number of hydrogen-bond donors (Lipinski definition) is 2. The van der Waals surface area contributed by atoms with Crippen molar-refractivity contribution in [1.82, 2.24) is 0 Å². The Morgan fingerprint density at radius 3 is 2.35 bits per heavy atom. The Morgan fingerprint density at radius 2 is 1.94 bits per heavy atom. The summed E-state index contributed by atoms with van der Waals surface area (Å²) < 4.78 is 39.1. The predicted octanol–water partition coefficient (Wildman–Crippen LogP) is 2.94. The summed E-state index contributed by atoms with van der Waals surface area (Å²) in [5.41, 5.74) is 4.40. The second-order valence-electron chi connectivity index (χ2n) is 2.72. The number of halogens is 5. The second-order valence-corrected chi connectivity index (χ2v) is 3.13. The minimum atomic E-state index is -4.92. The molecule has 0 aliphatic carbocycles. The number of hydrogen-bond acceptors (Lipinski definition) is 3. The first-order chi connectivity index (χ1) is 7.20. The van der Waals surface area contributed by atoms with Gasteiger partial charge in [0.15, 0.2) is 0 Å². The third kappa shape index (κ3) is 4.20. The van der Waals surface area contributed by atoms with Crippen LogP contribution in [0.3, 0.4) is 0 Å². The van der Waals surface area contributed by atoms with Gasteiger partial charge < -0.3 is 15.6 Å². The minimum Gasteiger partial charge on any atom is -0.478 e. The number of carbonyl (C=O) groups is 1. The summed E-state index contributed by atoms with van der Waals surface area (Å²) in [7, 11) is 0. The van der Waals surface area contributed by atoms with Gasteiger partial charge in [0.05, 0.1) is 16.3 Å². The highest BCUT2D eigenvalue weighted by molar-refractivity contribution is 6.34. The van der Waals surface area contributed by atoms with Gasteiger partial charge in [-0.3, -0.25) is 0 Å². The van der Waals surface area contributed by atoms with Crippen LogP contribution in [-0.4, -0.2) is 17.4 Å². The van der Waals surface area contributed by atoms with Crippen molar-refractivity contribution >= 4 is 35.7 Å². The third-order valence-electron chi connectivity index (χ3n) is 1.57. The average Bonchev–Trinajstić information content (AvgIpc) is 2.07. The van der Waals surface area contributed by atoms with Gasteiger partial charge >= 0.3 is 12.3 Å². The minimum absolute atomic E-state index is 0. The fraction of sp³-hybridized carbons (Fsp3) is 0.125. The van der Waals surface area contributed by atoms with E-state index in [2.05, 4.69) is 4.74 Å². The molecule has 17 heavy (non-hydrogen) atoms. The molecule has 0 aliphatic rings. The second kappa shape index (κ2) is 5.33. The first-order valence-electron chi connectivity index (χ1n) is 3.79. The van der Waals surface area contributed by atoms with E-state index in [0.717, 1.165) is 6.07 Å². The maximum Gasteiger partial charge on any atom is 0.573 e. The van der Waals surface area contributed by atoms with Gasteiger partial charge in [-0.1, -0.05) is 11.6 Å². The van der Waals surface area contributed by atoms with Crippen molar-refractivity contribution < 1.29 is 27.8 Å². The SMILES string of the molecule is Cl.Nc1c(Cl)cc(OC(F)(F)F)cc1C(=O)O. The van der Waals surface area contributed by atoms with E-state index in [1.807, 2.05) is 0 Å².